The molecule has 45 heteroatoms. The predicted octanol–water partition coefficient (Wildman–Crippen LogP) is 11.9. The number of aliphatic hydroxyl groups excluding tert-OH is 9. The van der Waals surface area contributed by atoms with E-state index in [0.717, 1.165) is 47.4 Å². The van der Waals surface area contributed by atoms with Crippen molar-refractivity contribution in [2.45, 2.75) is 223 Å². The number of halogens is 4. The number of aliphatic hydroxyl groups is 9. The van der Waals surface area contributed by atoms with Crippen LogP contribution in [0.25, 0.3) is 83.2 Å². The molecule has 142 heavy (non-hydrogen) atoms. The van der Waals surface area contributed by atoms with E-state index >= 15 is 8.78 Å². The van der Waals surface area contributed by atoms with Crippen LogP contribution in [-0.2, 0) is 29.0 Å². The lowest BCUT2D eigenvalue weighted by Crippen LogP contribution is -2.40. The zero-order valence-corrected chi connectivity index (χ0v) is 82.1. The van der Waals surface area contributed by atoms with Gasteiger partial charge in [-0.15, -0.1) is 45.3 Å². The number of methoxy groups -OCH3 is 1. The second-order valence-corrected chi connectivity index (χ2v) is 43.5. The monoisotopic (exact) mass is 2020 g/mol. The Balaban J connectivity index is 0.553. The smallest absolute Gasteiger partial charge is 0.248 e. The van der Waals surface area contributed by atoms with E-state index in [1.165, 1.54) is 83.3 Å². The lowest BCUT2D eigenvalue weighted by molar-refractivity contribution is -0.106. The number of benzene rings is 1. The van der Waals surface area contributed by atoms with Gasteiger partial charge in [-0.05, 0) is 165 Å². The molecule has 12 aromatic heterocycles. The molecule has 16 atom stereocenters. The molecule has 0 aliphatic heterocycles. The van der Waals surface area contributed by atoms with Crippen LogP contribution in [0.4, 0.5) is 64.6 Å². The largest absolute Gasteiger partial charge is 0.470 e. The van der Waals surface area contributed by atoms with E-state index < -0.39 is 127 Å². The summed E-state index contributed by atoms with van der Waals surface area (Å²) in [5, 5.41) is 133. The van der Waals surface area contributed by atoms with Gasteiger partial charge in [0.05, 0.1) is 124 Å². The Morgan fingerprint density at radius 1 is 0.423 bits per heavy atom. The minimum absolute atomic E-state index is 0.00851. The van der Waals surface area contributed by atoms with Crippen LogP contribution in [0.1, 0.15) is 129 Å². The summed E-state index contributed by atoms with van der Waals surface area (Å²) in [6.45, 7) is 10.5. The first-order valence-electron chi connectivity index (χ1n) is 48.3. The molecular formula is C97H112F4N24O13S4. The van der Waals surface area contributed by atoms with E-state index in [1.807, 2.05) is 39.8 Å². The van der Waals surface area contributed by atoms with Crippen LogP contribution in [-0.4, -0.2) is 264 Å². The molecule has 37 nitrogen and oxygen atoms in total. The molecule has 13 aromatic rings. The van der Waals surface area contributed by atoms with E-state index in [0.29, 0.717) is 162 Å². The number of rotatable bonds is 37. The first-order chi connectivity index (χ1) is 68.6. The van der Waals surface area contributed by atoms with Gasteiger partial charge in [-0.25, -0.2) is 67.4 Å². The van der Waals surface area contributed by atoms with Crippen LogP contribution in [0.5, 0.6) is 11.8 Å². The van der Waals surface area contributed by atoms with Gasteiger partial charge in [0.15, 0.2) is 0 Å². The molecule has 0 bridgehead atoms. The Bertz CT molecular complexity index is 6850. The van der Waals surface area contributed by atoms with Gasteiger partial charge in [0.2, 0.25) is 41.5 Å². The number of nitrogens with one attached hydrogen (secondary N) is 8. The Kier molecular flexibility index (Phi) is 27.2. The maximum absolute atomic E-state index is 15.4. The van der Waals surface area contributed by atoms with Gasteiger partial charge in [0, 0.05) is 126 Å². The number of pyridine rings is 4. The Morgan fingerprint density at radius 2 is 0.838 bits per heavy atom. The molecule has 0 unspecified atom stereocenters. The van der Waals surface area contributed by atoms with Crippen LogP contribution < -0.4 is 52.0 Å². The topological polar surface area (TPSA) is 521 Å². The number of hydrogen-bond donors (Lipinski definition) is 17. The molecule has 17 N–H and O–H groups in total. The van der Waals surface area contributed by atoms with E-state index in [1.54, 1.807) is 45.5 Å². The van der Waals surface area contributed by atoms with Gasteiger partial charge in [0.1, 0.15) is 114 Å². The summed E-state index contributed by atoms with van der Waals surface area (Å²) in [6, 6.07) is 7.81. The highest BCUT2D eigenvalue weighted by molar-refractivity contribution is 7.23. The van der Waals surface area contributed by atoms with Crippen molar-refractivity contribution in [2.24, 2.45) is 46.8 Å². The van der Waals surface area contributed by atoms with Crippen molar-refractivity contribution >= 4 is 133 Å². The third-order valence-corrected chi connectivity index (χ3v) is 33.7. The number of thiazole rings is 4. The van der Waals surface area contributed by atoms with Gasteiger partial charge in [-0.3, -0.25) is 9.97 Å². The molecule has 1 spiro atoms. The molecule has 750 valence electrons. The molecule has 8 saturated carbocycles. The number of alkyl halides is 2. The van der Waals surface area contributed by atoms with E-state index in [2.05, 4.69) is 52.5 Å². The number of ether oxygens (including phenoxy) is 4. The highest BCUT2D eigenvalue weighted by atomic mass is 32.1. The summed E-state index contributed by atoms with van der Waals surface area (Å²) < 4.78 is 88.2. The molecule has 0 saturated heterocycles. The standard InChI is InChI=1S/C97H112F4N24O13S4/c1-8-52-26-65-71(61(113-52)39-136-81-60(23-49(36-127)75(81)131)117-85-69(88-118-70-44(6)102-17-12-62(70)139-88)43(5)111-93(125-85)106-32-46-27-96(28-46)15-16-96)119-89(142-65)66-40(2)112-95(108-34-54-55(98)10-9-11-56(54)99)124-83(66)115-58-24-50(37-128)79(77(58)133)137-87-73-64(14-19-104-87)141-91(121-73)68-42(4)110-94(107-33-47-29-97(100,101)30-47)123-84(68)116-59-25-51(38-129)80(78(59)134)138-86-72-63(13-18-103-86)140-90(120-72)67-41(3)109-92(105-31-45-20-53(21-45)135-7)122-82(67)114-57-22-48(35-126)74(130)76(57)132/h9-14,17-19,26,45-51,53,57-60,74-81,126-134H,8,15-16,20-25,27-39H2,1-7H3,(H2,105,109,114,122)(H2,106,111,117,125)(H2,107,110,116,123)(H2,108,112,115,124)/t45-,48-,49-,50-,51-,53+,57-,58-,59-,60-,74-,75-,76+,77+,78+,79-,80-,81+/m1/s1. The number of aryl methyl sites for hydroxylation is 6. The molecule has 12 heterocycles. The first kappa shape index (κ1) is 97.1. The van der Waals surface area contributed by atoms with Crippen molar-refractivity contribution in [1.82, 2.24) is 79.7 Å². The molecule has 1 aromatic carbocycles. The summed E-state index contributed by atoms with van der Waals surface area (Å²) in [4.78, 5) is 79.2. The van der Waals surface area contributed by atoms with Crippen molar-refractivity contribution in [2.75, 3.05) is 95.7 Å². The zero-order chi connectivity index (χ0) is 98.6. The van der Waals surface area contributed by atoms with Gasteiger partial charge < -0.3 is 107 Å². The predicted molar refractivity (Wildman–Crippen MR) is 529 cm³/mol. The number of nitrogens with zero attached hydrogens (tertiary/aromatic N) is 16. The highest BCUT2D eigenvalue weighted by Crippen LogP contribution is 2.63. The fourth-order valence-electron chi connectivity index (χ4n) is 21.5. The van der Waals surface area contributed by atoms with Crippen molar-refractivity contribution in [3.63, 3.8) is 0 Å². The normalized spacial score (nSPS) is 26.5. The fraction of sp³-hybridized carbons (Fsp3) is 0.526. The molecule has 0 radical (unpaired) electrons. The van der Waals surface area contributed by atoms with Crippen molar-refractivity contribution < 1.29 is 82.5 Å². The second kappa shape index (κ2) is 39.8. The summed E-state index contributed by atoms with van der Waals surface area (Å²) in [5.41, 5.74) is 7.97. The van der Waals surface area contributed by atoms with Gasteiger partial charge in [-0.2, -0.15) is 19.9 Å². The van der Waals surface area contributed by atoms with Crippen LogP contribution >= 0.6 is 45.3 Å². The van der Waals surface area contributed by atoms with E-state index in [4.69, 9.17) is 88.7 Å². The third kappa shape index (κ3) is 19.3. The third-order valence-electron chi connectivity index (χ3n) is 29.6. The average Bonchev–Trinajstić information content (AvgIpc) is 1.59. The van der Waals surface area contributed by atoms with E-state index in [9.17, 15) is 54.7 Å². The molecule has 8 aliphatic rings. The Morgan fingerprint density at radius 3 is 1.30 bits per heavy atom. The van der Waals surface area contributed by atoms with Crippen LogP contribution in [0, 0.1) is 93.1 Å². The first-order valence-corrected chi connectivity index (χ1v) is 51.6. The average molecular weight is 2030 g/mol. The molecule has 21 rings (SSSR count). The number of hydrogen-bond acceptors (Lipinski definition) is 41. The Hall–Kier alpha value is -11.0. The van der Waals surface area contributed by atoms with Crippen LogP contribution in [0.3, 0.4) is 0 Å². The lowest BCUT2D eigenvalue weighted by Gasteiger charge is -2.36. The molecular weight excluding hydrogens is 1910 g/mol. The Labute approximate surface area is 828 Å². The maximum Gasteiger partial charge on any atom is 0.248 e. The van der Waals surface area contributed by atoms with Crippen molar-refractivity contribution in [1.29, 1.82) is 0 Å². The SMILES string of the molecule is CCc1cc2sc(-c3c(C)nc(NCc4c(F)cccc4F)nc3N[C@@H]3C[C@H](CO)[C@@H](Oc4nccc5sc(-c6c(C)nc(NCC7CC(F)(F)C7)nc6N[C@@H]6C[C@H](CO)[C@@H](Oc7nccc8sc(-c9c(C)nc(NC[C@H]%10C[C@@H](OC)C%10)nc9N[C@@H]9C[C@H](CO)[C@@H](O)[C@H]9O)nc78)[C@H]6O)nc45)[C@H]3O)nc2c(CO[C@@H]2[C@H](O)[C@@H](CO)C[C@H]2Nc2nc(NCC3CC4(CC4)C3)nc(C)c2-c2nc3c(C)nccc3s2)n1. The summed E-state index contributed by atoms with van der Waals surface area (Å²) in [7, 11) is 1.70. The number of anilines is 8. The molecule has 8 aliphatic carbocycles. The zero-order valence-electron chi connectivity index (χ0n) is 78.8. The molecule has 0 amide bonds. The minimum atomic E-state index is -2.80. The minimum Gasteiger partial charge on any atom is -0.470 e. The number of fused-ring (bicyclic) bond motifs is 4. The summed E-state index contributed by atoms with van der Waals surface area (Å²) in [6.07, 6.45) is 2.81. The molecule has 8 fully saturated rings. The van der Waals surface area contributed by atoms with Gasteiger partial charge >= 0.3 is 0 Å². The van der Waals surface area contributed by atoms with Gasteiger partial charge in [-0.1, -0.05) is 13.0 Å². The summed E-state index contributed by atoms with van der Waals surface area (Å²) >= 11 is 5.35. The summed E-state index contributed by atoms with van der Waals surface area (Å²) in [5.74, 6) is -4.51. The highest BCUT2D eigenvalue weighted by Gasteiger charge is 2.54. The lowest BCUT2D eigenvalue weighted by atomic mass is 9.72. The fourth-order valence-corrected chi connectivity index (χ4v) is 25.8. The number of aromatic nitrogens is 16. The second-order valence-electron chi connectivity index (χ2n) is 39.3. The quantitative estimate of drug-likeness (QED) is 0.0161. The van der Waals surface area contributed by atoms with Crippen molar-refractivity contribution in [3.8, 4) is 54.0 Å². The van der Waals surface area contributed by atoms with Crippen LogP contribution in [0.15, 0.2) is 61.1 Å². The van der Waals surface area contributed by atoms with E-state index in [-0.39, 0.29) is 123 Å². The van der Waals surface area contributed by atoms with Crippen LogP contribution in [0.2, 0.25) is 0 Å². The van der Waals surface area contributed by atoms with Gasteiger partial charge in [0.25, 0.3) is 0 Å². The van der Waals surface area contributed by atoms with Crippen molar-refractivity contribution in [3.05, 3.63) is 118 Å². The maximum atomic E-state index is 15.4.